The van der Waals surface area contributed by atoms with Gasteiger partial charge in [-0.2, -0.15) is 19.0 Å². The Morgan fingerprint density at radius 3 is 2.91 bits per heavy atom. The lowest BCUT2D eigenvalue weighted by molar-refractivity contribution is 0.0552. The molecule has 124 valence electrons. The number of hydrogen-bond donors (Lipinski definition) is 2. The molecule has 0 aliphatic carbocycles. The smallest absolute Gasteiger partial charge is 0.333 e. The summed E-state index contributed by atoms with van der Waals surface area (Å²) in [6.07, 6.45) is 0.933. The van der Waals surface area contributed by atoms with Gasteiger partial charge in [-0.1, -0.05) is 0 Å². The molecule has 9 heteroatoms. The molecule has 7 nitrogen and oxygen atoms in total. The Balaban J connectivity index is 1.66. The molecule has 3 heterocycles. The Bertz CT molecular complexity index is 699. The van der Waals surface area contributed by atoms with Gasteiger partial charge in [-0.3, -0.25) is 9.89 Å². The number of hydrogen-bond acceptors (Lipinski definition) is 4. The minimum absolute atomic E-state index is 0.0474. The highest BCUT2D eigenvalue weighted by Gasteiger charge is 2.35. The lowest BCUT2D eigenvalue weighted by Crippen LogP contribution is -2.30. The lowest BCUT2D eigenvalue weighted by Gasteiger charge is -2.14. The van der Waals surface area contributed by atoms with E-state index in [-0.39, 0.29) is 18.2 Å². The minimum Gasteiger partial charge on any atom is -0.391 e. The zero-order valence-electron chi connectivity index (χ0n) is 12.5. The molecule has 0 radical (unpaired) electrons. The Hall–Kier alpha value is -2.29. The first-order valence-electron chi connectivity index (χ1n) is 7.25. The van der Waals surface area contributed by atoms with Gasteiger partial charge in [0.05, 0.1) is 11.8 Å². The summed E-state index contributed by atoms with van der Waals surface area (Å²) >= 11 is 0. The van der Waals surface area contributed by atoms with Crippen molar-refractivity contribution < 1.29 is 18.7 Å². The van der Waals surface area contributed by atoms with Crippen LogP contribution in [0.5, 0.6) is 0 Å². The number of carbonyl (C=O) groups excluding carboxylic acids is 1. The number of H-pyrrole nitrogens is 1. The minimum atomic E-state index is -2.78. The van der Waals surface area contributed by atoms with Crippen LogP contribution in [0.25, 0.3) is 0 Å². The summed E-state index contributed by atoms with van der Waals surface area (Å²) in [6, 6.07) is 3.15. The average Bonchev–Trinajstić information content (AvgIpc) is 3.20. The van der Waals surface area contributed by atoms with E-state index in [0.717, 1.165) is 17.6 Å². The summed E-state index contributed by atoms with van der Waals surface area (Å²) in [5.41, 5.74) is 1.70. The molecule has 1 aliphatic heterocycles. The fraction of sp³-hybridized carbons (Fsp3) is 0.500. The predicted molar refractivity (Wildman–Crippen MR) is 75.9 cm³/mol. The molecule has 1 fully saturated rings. The molecule has 2 aromatic heterocycles. The van der Waals surface area contributed by atoms with E-state index >= 15 is 0 Å². The zero-order valence-corrected chi connectivity index (χ0v) is 12.5. The van der Waals surface area contributed by atoms with Crippen LogP contribution in [0.3, 0.4) is 0 Å². The van der Waals surface area contributed by atoms with Gasteiger partial charge < -0.3 is 10.0 Å². The number of aliphatic hydroxyl groups excluding tert-OH is 1. The zero-order chi connectivity index (χ0) is 16.6. The van der Waals surface area contributed by atoms with Crippen molar-refractivity contribution >= 4 is 5.91 Å². The summed E-state index contributed by atoms with van der Waals surface area (Å²) < 4.78 is 25.5. The second-order valence-electron chi connectivity index (χ2n) is 5.74. The Morgan fingerprint density at radius 1 is 1.52 bits per heavy atom. The Kier molecular flexibility index (Phi) is 4.12. The normalized spacial score (nSPS) is 21.3. The van der Waals surface area contributed by atoms with Crippen molar-refractivity contribution in [3.63, 3.8) is 0 Å². The molecule has 1 saturated heterocycles. The monoisotopic (exact) mass is 325 g/mol. The Labute approximate surface area is 130 Å². The highest BCUT2D eigenvalue weighted by molar-refractivity contribution is 5.92. The van der Waals surface area contributed by atoms with Crippen molar-refractivity contribution in [2.75, 3.05) is 13.1 Å². The fourth-order valence-corrected chi connectivity index (χ4v) is 2.79. The van der Waals surface area contributed by atoms with E-state index in [2.05, 4.69) is 15.3 Å². The van der Waals surface area contributed by atoms with Crippen LogP contribution in [-0.4, -0.2) is 55.1 Å². The predicted octanol–water partition coefficient (Wildman–Crippen LogP) is 0.985. The van der Waals surface area contributed by atoms with Crippen LogP contribution >= 0.6 is 0 Å². The molecule has 1 amide bonds. The number of alkyl halides is 2. The number of nitrogens with zero attached hydrogens (tertiary/aromatic N) is 4. The molecule has 0 bridgehead atoms. The number of amides is 1. The van der Waals surface area contributed by atoms with Gasteiger partial charge in [0.25, 0.3) is 5.91 Å². The van der Waals surface area contributed by atoms with Crippen molar-refractivity contribution in [1.82, 2.24) is 24.9 Å². The van der Waals surface area contributed by atoms with Crippen LogP contribution in [0, 0.1) is 12.8 Å². The lowest BCUT2D eigenvalue weighted by atomic mass is 10.0. The molecule has 1 aliphatic rings. The maximum atomic E-state index is 12.5. The number of nitrogens with one attached hydrogen (secondary N) is 1. The molecular weight excluding hydrogens is 308 g/mol. The summed E-state index contributed by atoms with van der Waals surface area (Å²) in [4.78, 5) is 13.7. The number of likely N-dealkylation sites (tertiary alicyclic amines) is 1. The molecule has 0 saturated carbocycles. The van der Waals surface area contributed by atoms with Gasteiger partial charge in [0.1, 0.15) is 0 Å². The van der Waals surface area contributed by atoms with Crippen molar-refractivity contribution in [2.24, 2.45) is 5.92 Å². The van der Waals surface area contributed by atoms with E-state index < -0.39 is 18.6 Å². The van der Waals surface area contributed by atoms with E-state index in [9.17, 15) is 18.7 Å². The first-order valence-corrected chi connectivity index (χ1v) is 7.25. The average molecular weight is 325 g/mol. The molecule has 2 N–H and O–H groups in total. The molecule has 0 unspecified atom stereocenters. The topological polar surface area (TPSA) is 87.0 Å². The molecular formula is C14H17F2N5O2. The van der Waals surface area contributed by atoms with Crippen LogP contribution in [-0.2, 0) is 6.42 Å². The second kappa shape index (κ2) is 6.07. The molecule has 2 atom stereocenters. The van der Waals surface area contributed by atoms with Crippen LogP contribution in [0.1, 0.15) is 28.4 Å². The van der Waals surface area contributed by atoms with Gasteiger partial charge in [-0.15, -0.1) is 0 Å². The number of aromatic amines is 1. The highest BCUT2D eigenvalue weighted by Crippen LogP contribution is 2.23. The third-order valence-corrected chi connectivity index (χ3v) is 3.95. The quantitative estimate of drug-likeness (QED) is 0.877. The number of carbonyl (C=O) groups is 1. The number of rotatable bonds is 4. The maximum absolute atomic E-state index is 12.5. The van der Waals surface area contributed by atoms with Gasteiger partial charge >= 0.3 is 6.55 Å². The van der Waals surface area contributed by atoms with Gasteiger partial charge in [0.15, 0.2) is 5.69 Å². The van der Waals surface area contributed by atoms with Gasteiger partial charge in [-0.05, 0) is 25.5 Å². The second-order valence-corrected chi connectivity index (χ2v) is 5.74. The van der Waals surface area contributed by atoms with Crippen LogP contribution in [0.15, 0.2) is 18.3 Å². The summed E-state index contributed by atoms with van der Waals surface area (Å²) in [5.74, 6) is -0.594. The first kappa shape index (κ1) is 15.6. The number of aryl methyl sites for hydroxylation is 1. The molecule has 0 spiro atoms. The third-order valence-electron chi connectivity index (χ3n) is 3.95. The van der Waals surface area contributed by atoms with Crippen molar-refractivity contribution in [3.05, 3.63) is 35.4 Å². The van der Waals surface area contributed by atoms with E-state index in [4.69, 9.17) is 0 Å². The molecule has 2 aromatic rings. The van der Waals surface area contributed by atoms with Crippen LogP contribution in [0.4, 0.5) is 8.78 Å². The number of aliphatic hydroxyl groups is 1. The Morgan fingerprint density at radius 2 is 2.30 bits per heavy atom. The third kappa shape index (κ3) is 3.24. The fourth-order valence-electron chi connectivity index (χ4n) is 2.79. The van der Waals surface area contributed by atoms with Crippen LogP contribution < -0.4 is 0 Å². The van der Waals surface area contributed by atoms with Gasteiger partial charge in [0.2, 0.25) is 0 Å². The summed E-state index contributed by atoms with van der Waals surface area (Å²) in [7, 11) is 0. The standard InChI is InChI=1S/C14H17F2N5O2/c1-8-4-10(18-17-8)5-9-6-20(7-12(9)22)13(23)11-2-3-21(19-11)14(15)16/h2-4,9,12,14,22H,5-7H2,1H3,(H,17,18)/t9-,12+/m1/s1. The van der Waals surface area contributed by atoms with E-state index in [0.29, 0.717) is 17.6 Å². The van der Waals surface area contributed by atoms with Gasteiger partial charge in [-0.25, -0.2) is 4.68 Å². The molecule has 3 rings (SSSR count). The van der Waals surface area contributed by atoms with Crippen molar-refractivity contribution in [2.45, 2.75) is 26.0 Å². The SMILES string of the molecule is Cc1cc(C[C@@H]2CN(C(=O)c3ccn(C(F)F)n3)C[C@@H]2O)n[nH]1. The largest absolute Gasteiger partial charge is 0.391 e. The maximum Gasteiger partial charge on any atom is 0.333 e. The first-order chi connectivity index (χ1) is 10.9. The van der Waals surface area contributed by atoms with Gasteiger partial charge in [0, 0.05) is 30.9 Å². The van der Waals surface area contributed by atoms with Crippen molar-refractivity contribution in [3.8, 4) is 0 Å². The van der Waals surface area contributed by atoms with Crippen LogP contribution in [0.2, 0.25) is 0 Å². The molecule has 23 heavy (non-hydrogen) atoms. The number of β-amino-alcohol motifs (C(OH)–C–C–N with tert-alkyl or cyclic N) is 1. The summed E-state index contributed by atoms with van der Waals surface area (Å²) in [5, 5.41) is 20.7. The van der Waals surface area contributed by atoms with E-state index in [1.54, 1.807) is 0 Å². The summed E-state index contributed by atoms with van der Waals surface area (Å²) in [6.45, 7) is -0.394. The highest BCUT2D eigenvalue weighted by atomic mass is 19.3. The molecule has 0 aromatic carbocycles. The number of halogens is 2. The van der Waals surface area contributed by atoms with E-state index in [1.165, 1.54) is 11.0 Å². The van der Waals surface area contributed by atoms with E-state index in [1.807, 2.05) is 13.0 Å². The van der Waals surface area contributed by atoms with Crippen molar-refractivity contribution in [1.29, 1.82) is 0 Å². The number of aromatic nitrogens is 4.